The Morgan fingerprint density at radius 2 is 1.65 bits per heavy atom. The Labute approximate surface area is 149 Å². The molecule has 0 saturated carbocycles. The maximum absolute atomic E-state index is 12.7. The van der Waals surface area contributed by atoms with Crippen LogP contribution >= 0.6 is 0 Å². The molecule has 2 aromatic carbocycles. The van der Waals surface area contributed by atoms with Crippen molar-refractivity contribution in [3.8, 4) is 0 Å². The molecule has 2 amide bonds. The molecule has 26 heavy (non-hydrogen) atoms. The molecule has 1 atom stereocenters. The SMILES string of the molecule is CCC(C)c1ccccc1NC(=O)C(=O)Nc1cccc(C(F)(F)F)c1. The van der Waals surface area contributed by atoms with Crippen molar-refractivity contribution in [2.45, 2.75) is 32.4 Å². The molecule has 0 aliphatic heterocycles. The van der Waals surface area contributed by atoms with E-state index in [1.165, 1.54) is 6.07 Å². The van der Waals surface area contributed by atoms with Crippen LogP contribution in [0.4, 0.5) is 24.5 Å². The van der Waals surface area contributed by atoms with Gasteiger partial charge in [-0.15, -0.1) is 0 Å². The van der Waals surface area contributed by atoms with E-state index in [1.54, 1.807) is 12.1 Å². The second kappa shape index (κ2) is 8.03. The average molecular weight is 364 g/mol. The normalized spacial score (nSPS) is 12.3. The minimum atomic E-state index is -4.53. The molecule has 0 bridgehead atoms. The zero-order chi connectivity index (χ0) is 19.3. The van der Waals surface area contributed by atoms with Gasteiger partial charge in [0.25, 0.3) is 0 Å². The fourth-order valence-electron chi connectivity index (χ4n) is 2.40. The van der Waals surface area contributed by atoms with Gasteiger partial charge in [-0.05, 0) is 42.2 Å². The van der Waals surface area contributed by atoms with Crippen molar-refractivity contribution >= 4 is 23.2 Å². The third kappa shape index (κ3) is 4.84. The van der Waals surface area contributed by atoms with Crippen LogP contribution in [0.5, 0.6) is 0 Å². The molecule has 0 spiro atoms. The molecule has 1 unspecified atom stereocenters. The molecule has 2 aromatic rings. The first kappa shape index (κ1) is 19.5. The highest BCUT2D eigenvalue weighted by molar-refractivity contribution is 6.43. The van der Waals surface area contributed by atoms with Crippen LogP contribution in [0.2, 0.25) is 0 Å². The Bertz CT molecular complexity index is 803. The summed E-state index contributed by atoms with van der Waals surface area (Å²) in [6.45, 7) is 4.00. The van der Waals surface area contributed by atoms with E-state index in [9.17, 15) is 22.8 Å². The summed E-state index contributed by atoms with van der Waals surface area (Å²) in [6.07, 6.45) is -3.68. The van der Waals surface area contributed by atoms with Gasteiger partial charge in [-0.1, -0.05) is 38.1 Å². The summed E-state index contributed by atoms with van der Waals surface area (Å²) in [5.74, 6) is -1.81. The zero-order valence-electron chi connectivity index (χ0n) is 14.4. The van der Waals surface area contributed by atoms with Crippen LogP contribution in [0.3, 0.4) is 0 Å². The molecule has 4 nitrogen and oxygen atoms in total. The van der Waals surface area contributed by atoms with Crippen LogP contribution in [0.15, 0.2) is 48.5 Å². The van der Waals surface area contributed by atoms with E-state index in [1.807, 2.05) is 26.0 Å². The molecule has 0 saturated heterocycles. The van der Waals surface area contributed by atoms with E-state index in [0.717, 1.165) is 30.2 Å². The van der Waals surface area contributed by atoms with Crippen molar-refractivity contribution in [2.24, 2.45) is 0 Å². The number of halogens is 3. The highest BCUT2D eigenvalue weighted by Gasteiger charge is 2.30. The summed E-state index contributed by atoms with van der Waals surface area (Å²) in [4.78, 5) is 24.1. The number of para-hydroxylation sites is 1. The molecule has 2 rings (SSSR count). The van der Waals surface area contributed by atoms with Crippen LogP contribution < -0.4 is 10.6 Å². The molecule has 2 N–H and O–H groups in total. The Balaban J connectivity index is 2.11. The van der Waals surface area contributed by atoms with Crippen molar-refractivity contribution in [1.82, 2.24) is 0 Å². The standard InChI is InChI=1S/C19H19F3N2O2/c1-3-12(2)15-9-4-5-10-16(15)24-18(26)17(25)23-14-8-6-7-13(11-14)19(20,21)22/h4-12H,3H2,1-2H3,(H,23,25)(H,24,26). The maximum Gasteiger partial charge on any atom is 0.416 e. The summed E-state index contributed by atoms with van der Waals surface area (Å²) in [7, 11) is 0. The molecule has 0 heterocycles. The fourth-order valence-corrected chi connectivity index (χ4v) is 2.40. The minimum absolute atomic E-state index is 0.102. The minimum Gasteiger partial charge on any atom is -0.318 e. The van der Waals surface area contributed by atoms with E-state index >= 15 is 0 Å². The first-order chi connectivity index (χ1) is 12.2. The lowest BCUT2D eigenvalue weighted by Crippen LogP contribution is -2.29. The smallest absolute Gasteiger partial charge is 0.318 e. The molecular weight excluding hydrogens is 345 g/mol. The second-order valence-corrected chi connectivity index (χ2v) is 5.88. The lowest BCUT2D eigenvalue weighted by Gasteiger charge is -2.15. The van der Waals surface area contributed by atoms with Gasteiger partial charge < -0.3 is 10.6 Å². The Kier molecular flexibility index (Phi) is 6.02. The number of hydrogen-bond acceptors (Lipinski definition) is 2. The van der Waals surface area contributed by atoms with Gasteiger partial charge in [-0.2, -0.15) is 13.2 Å². The largest absolute Gasteiger partial charge is 0.416 e. The van der Waals surface area contributed by atoms with Gasteiger partial charge in [-0.25, -0.2) is 0 Å². The van der Waals surface area contributed by atoms with Crippen molar-refractivity contribution < 1.29 is 22.8 Å². The Morgan fingerprint density at radius 3 is 2.31 bits per heavy atom. The summed E-state index contributed by atoms with van der Waals surface area (Å²) >= 11 is 0. The van der Waals surface area contributed by atoms with Crippen molar-refractivity contribution in [3.05, 3.63) is 59.7 Å². The number of anilines is 2. The lowest BCUT2D eigenvalue weighted by atomic mass is 9.97. The Morgan fingerprint density at radius 1 is 1.00 bits per heavy atom. The number of nitrogens with one attached hydrogen (secondary N) is 2. The third-order valence-electron chi connectivity index (χ3n) is 4.01. The molecule has 7 heteroatoms. The average Bonchev–Trinajstić information content (AvgIpc) is 2.61. The summed E-state index contributed by atoms with van der Waals surface area (Å²) in [6, 6.07) is 11.2. The Hall–Kier alpha value is -2.83. The number of alkyl halides is 3. The van der Waals surface area contributed by atoms with E-state index in [-0.39, 0.29) is 11.6 Å². The molecule has 0 radical (unpaired) electrons. The first-order valence-corrected chi connectivity index (χ1v) is 8.11. The number of benzene rings is 2. The van der Waals surface area contributed by atoms with Gasteiger partial charge in [0.15, 0.2) is 0 Å². The van der Waals surface area contributed by atoms with Crippen molar-refractivity contribution in [2.75, 3.05) is 10.6 Å². The van der Waals surface area contributed by atoms with E-state index in [2.05, 4.69) is 10.6 Å². The number of carbonyl (C=O) groups is 2. The van der Waals surface area contributed by atoms with Crippen molar-refractivity contribution in [1.29, 1.82) is 0 Å². The van der Waals surface area contributed by atoms with Gasteiger partial charge >= 0.3 is 18.0 Å². The van der Waals surface area contributed by atoms with Gasteiger partial charge in [-0.3, -0.25) is 9.59 Å². The highest BCUT2D eigenvalue weighted by Crippen LogP contribution is 2.30. The van der Waals surface area contributed by atoms with Gasteiger partial charge in [0.1, 0.15) is 0 Å². The van der Waals surface area contributed by atoms with Gasteiger partial charge in [0, 0.05) is 11.4 Å². The summed E-state index contributed by atoms with van der Waals surface area (Å²) in [5, 5.41) is 4.70. The number of amides is 2. The molecule has 0 aliphatic carbocycles. The molecule has 0 fully saturated rings. The number of hydrogen-bond donors (Lipinski definition) is 2. The first-order valence-electron chi connectivity index (χ1n) is 8.11. The number of carbonyl (C=O) groups excluding carboxylic acids is 2. The fraction of sp³-hybridized carbons (Fsp3) is 0.263. The highest BCUT2D eigenvalue weighted by atomic mass is 19.4. The van der Waals surface area contributed by atoms with Crippen molar-refractivity contribution in [3.63, 3.8) is 0 Å². The molecule has 0 aliphatic rings. The number of rotatable bonds is 4. The molecule has 0 aromatic heterocycles. The van der Waals surface area contributed by atoms with E-state index in [4.69, 9.17) is 0 Å². The van der Waals surface area contributed by atoms with Crippen LogP contribution in [-0.4, -0.2) is 11.8 Å². The molecular formula is C19H19F3N2O2. The van der Waals surface area contributed by atoms with Gasteiger partial charge in [0.05, 0.1) is 5.56 Å². The summed E-state index contributed by atoms with van der Waals surface area (Å²) < 4.78 is 38.1. The topological polar surface area (TPSA) is 58.2 Å². The van der Waals surface area contributed by atoms with Gasteiger partial charge in [0.2, 0.25) is 0 Å². The monoisotopic (exact) mass is 364 g/mol. The zero-order valence-corrected chi connectivity index (χ0v) is 14.4. The van der Waals surface area contributed by atoms with E-state index < -0.39 is 23.6 Å². The second-order valence-electron chi connectivity index (χ2n) is 5.88. The van der Waals surface area contributed by atoms with Crippen LogP contribution in [-0.2, 0) is 15.8 Å². The quantitative estimate of drug-likeness (QED) is 0.766. The van der Waals surface area contributed by atoms with Crippen LogP contribution in [0, 0.1) is 0 Å². The summed E-state index contributed by atoms with van der Waals surface area (Å²) in [5.41, 5.74) is 0.384. The van der Waals surface area contributed by atoms with Crippen LogP contribution in [0.1, 0.15) is 37.3 Å². The van der Waals surface area contributed by atoms with E-state index in [0.29, 0.717) is 5.69 Å². The predicted molar refractivity (Wildman–Crippen MR) is 93.9 cm³/mol. The maximum atomic E-state index is 12.7. The third-order valence-corrected chi connectivity index (χ3v) is 4.01. The lowest BCUT2D eigenvalue weighted by molar-refractivity contribution is -0.137. The predicted octanol–water partition coefficient (Wildman–Crippen LogP) is 4.80. The molecule has 138 valence electrons. The van der Waals surface area contributed by atoms with Crippen LogP contribution in [0.25, 0.3) is 0 Å².